The second-order valence-electron chi connectivity index (χ2n) is 5.33. The van der Waals surface area contributed by atoms with Crippen LogP contribution in [-0.4, -0.2) is 32.9 Å². The molecule has 2 aromatic rings. The van der Waals surface area contributed by atoms with E-state index in [0.29, 0.717) is 23.7 Å². The topological polar surface area (TPSA) is 77.8 Å². The number of nitriles is 1. The number of hydrogen-bond donors (Lipinski definition) is 0. The first-order chi connectivity index (χ1) is 13.2. The molecule has 6 nitrogen and oxygen atoms in total. The molecule has 0 aliphatic rings. The molecular formula is C21H21NO5. The lowest BCUT2D eigenvalue weighted by Gasteiger charge is -2.08. The zero-order chi connectivity index (χ0) is 19.5. The van der Waals surface area contributed by atoms with Gasteiger partial charge >= 0.3 is 5.97 Å². The molecule has 2 aromatic carbocycles. The monoisotopic (exact) mass is 367 g/mol. The molecule has 0 N–H and O–H groups in total. The second kappa shape index (κ2) is 10.5. The van der Waals surface area contributed by atoms with Crippen LogP contribution < -0.4 is 14.2 Å². The molecule has 0 saturated heterocycles. The fourth-order valence-electron chi connectivity index (χ4n) is 2.17. The highest BCUT2D eigenvalue weighted by Gasteiger charge is 2.10. The van der Waals surface area contributed by atoms with Gasteiger partial charge in [-0.05, 0) is 55.0 Å². The molecule has 0 atom stereocenters. The third-order valence-corrected chi connectivity index (χ3v) is 3.49. The van der Waals surface area contributed by atoms with Crippen LogP contribution in [0.1, 0.15) is 12.5 Å². The smallest absolute Gasteiger partial charge is 0.349 e. The molecule has 0 fully saturated rings. The van der Waals surface area contributed by atoms with Gasteiger partial charge in [-0.15, -0.1) is 0 Å². The predicted octanol–water partition coefficient (Wildman–Crippen LogP) is 3.62. The van der Waals surface area contributed by atoms with Crippen molar-refractivity contribution in [2.45, 2.75) is 6.92 Å². The van der Waals surface area contributed by atoms with Crippen molar-refractivity contribution in [1.82, 2.24) is 0 Å². The van der Waals surface area contributed by atoms with Crippen LogP contribution in [-0.2, 0) is 9.53 Å². The van der Waals surface area contributed by atoms with E-state index in [1.165, 1.54) is 6.08 Å². The van der Waals surface area contributed by atoms with Crippen molar-refractivity contribution in [2.75, 3.05) is 26.9 Å². The van der Waals surface area contributed by atoms with Crippen molar-refractivity contribution in [3.8, 4) is 23.3 Å². The van der Waals surface area contributed by atoms with Gasteiger partial charge in [0.1, 0.15) is 42.1 Å². The van der Waals surface area contributed by atoms with E-state index >= 15 is 0 Å². The largest absolute Gasteiger partial charge is 0.497 e. The van der Waals surface area contributed by atoms with Gasteiger partial charge in [-0.1, -0.05) is 12.1 Å². The molecule has 0 bridgehead atoms. The Kier molecular flexibility index (Phi) is 7.73. The highest BCUT2D eigenvalue weighted by atomic mass is 16.6. The lowest BCUT2D eigenvalue weighted by molar-refractivity contribution is -0.139. The Balaban J connectivity index is 1.82. The van der Waals surface area contributed by atoms with Crippen LogP contribution in [0, 0.1) is 11.3 Å². The maximum atomic E-state index is 12.0. The number of nitrogens with zero attached hydrogens (tertiary/aromatic N) is 1. The van der Waals surface area contributed by atoms with E-state index in [2.05, 4.69) is 0 Å². The Hall–Kier alpha value is -3.46. The molecule has 0 heterocycles. The average molecular weight is 367 g/mol. The summed E-state index contributed by atoms with van der Waals surface area (Å²) in [6, 6.07) is 16.0. The predicted molar refractivity (Wildman–Crippen MR) is 101 cm³/mol. The number of hydrogen-bond acceptors (Lipinski definition) is 6. The van der Waals surface area contributed by atoms with Crippen molar-refractivity contribution in [3.05, 3.63) is 59.7 Å². The third kappa shape index (κ3) is 6.40. The minimum atomic E-state index is -0.691. The standard InChI is InChI=1S/C21H21NO5/c1-3-25-19-8-10-20(11-9-19)26-12-13-27-21(23)17(15-22)14-16-4-6-18(24-2)7-5-16/h4-11,14H,3,12-13H2,1-2H3/b17-14+. The summed E-state index contributed by atoms with van der Waals surface area (Å²) < 4.78 is 21.0. The minimum absolute atomic E-state index is 0.0354. The summed E-state index contributed by atoms with van der Waals surface area (Å²) in [7, 11) is 1.57. The van der Waals surface area contributed by atoms with Crippen LogP contribution >= 0.6 is 0 Å². The summed E-state index contributed by atoms with van der Waals surface area (Å²) in [5, 5.41) is 9.18. The summed E-state index contributed by atoms with van der Waals surface area (Å²) in [5.41, 5.74) is 0.621. The number of methoxy groups -OCH3 is 1. The summed E-state index contributed by atoms with van der Waals surface area (Å²) >= 11 is 0. The molecule has 140 valence electrons. The van der Waals surface area contributed by atoms with E-state index in [1.54, 1.807) is 55.6 Å². The van der Waals surface area contributed by atoms with E-state index < -0.39 is 5.97 Å². The Morgan fingerprint density at radius 3 is 2.11 bits per heavy atom. The summed E-state index contributed by atoms with van der Waals surface area (Å²) in [4.78, 5) is 12.0. The van der Waals surface area contributed by atoms with Crippen LogP contribution in [0.5, 0.6) is 17.2 Å². The van der Waals surface area contributed by atoms with E-state index in [4.69, 9.17) is 18.9 Å². The summed E-state index contributed by atoms with van der Waals surface area (Å²) in [6.07, 6.45) is 1.47. The molecular weight excluding hydrogens is 346 g/mol. The first kappa shape index (κ1) is 19.9. The molecule has 0 aliphatic carbocycles. The molecule has 0 saturated carbocycles. The Morgan fingerprint density at radius 2 is 1.56 bits per heavy atom. The quantitative estimate of drug-likeness (QED) is 0.292. The highest BCUT2D eigenvalue weighted by molar-refractivity contribution is 5.97. The minimum Gasteiger partial charge on any atom is -0.497 e. The Labute approximate surface area is 158 Å². The maximum Gasteiger partial charge on any atom is 0.349 e. The van der Waals surface area contributed by atoms with Crippen molar-refractivity contribution >= 4 is 12.0 Å². The SMILES string of the molecule is CCOc1ccc(OCCOC(=O)/C(C#N)=C/c2ccc(OC)cc2)cc1. The molecule has 0 spiro atoms. The fourth-order valence-corrected chi connectivity index (χ4v) is 2.17. The maximum absolute atomic E-state index is 12.0. The first-order valence-electron chi connectivity index (χ1n) is 8.45. The molecule has 27 heavy (non-hydrogen) atoms. The Bertz CT molecular complexity index is 804. The molecule has 0 unspecified atom stereocenters. The highest BCUT2D eigenvalue weighted by Crippen LogP contribution is 2.17. The van der Waals surface area contributed by atoms with Gasteiger partial charge in [0.05, 0.1) is 13.7 Å². The normalized spacial score (nSPS) is 10.6. The van der Waals surface area contributed by atoms with E-state index in [-0.39, 0.29) is 18.8 Å². The van der Waals surface area contributed by atoms with Crippen molar-refractivity contribution in [3.63, 3.8) is 0 Å². The molecule has 0 aliphatic heterocycles. The summed E-state index contributed by atoms with van der Waals surface area (Å²) in [5.74, 6) is 1.41. The lowest BCUT2D eigenvalue weighted by Crippen LogP contribution is -2.13. The zero-order valence-corrected chi connectivity index (χ0v) is 15.3. The number of ether oxygens (including phenoxy) is 4. The molecule has 6 heteroatoms. The van der Waals surface area contributed by atoms with Crippen LogP contribution in [0.25, 0.3) is 6.08 Å². The van der Waals surface area contributed by atoms with Crippen molar-refractivity contribution in [1.29, 1.82) is 5.26 Å². The van der Waals surface area contributed by atoms with Gasteiger partial charge in [-0.25, -0.2) is 4.79 Å². The van der Waals surface area contributed by atoms with E-state index in [1.807, 2.05) is 13.0 Å². The van der Waals surface area contributed by atoms with Crippen LogP contribution in [0.15, 0.2) is 54.1 Å². The second-order valence-corrected chi connectivity index (χ2v) is 5.33. The molecule has 0 amide bonds. The van der Waals surface area contributed by atoms with E-state index in [0.717, 1.165) is 5.75 Å². The van der Waals surface area contributed by atoms with Crippen LogP contribution in [0.2, 0.25) is 0 Å². The third-order valence-electron chi connectivity index (χ3n) is 3.49. The molecule has 0 radical (unpaired) electrons. The van der Waals surface area contributed by atoms with Crippen LogP contribution in [0.4, 0.5) is 0 Å². The zero-order valence-electron chi connectivity index (χ0n) is 15.3. The number of rotatable bonds is 9. The van der Waals surface area contributed by atoms with Gasteiger partial charge in [-0.2, -0.15) is 5.26 Å². The first-order valence-corrected chi connectivity index (χ1v) is 8.45. The molecule has 2 rings (SSSR count). The molecule has 0 aromatic heterocycles. The van der Waals surface area contributed by atoms with Gasteiger partial charge in [0.15, 0.2) is 0 Å². The van der Waals surface area contributed by atoms with Gasteiger partial charge in [0.2, 0.25) is 0 Å². The fraction of sp³-hybridized carbons (Fsp3) is 0.238. The van der Waals surface area contributed by atoms with Crippen molar-refractivity contribution in [2.24, 2.45) is 0 Å². The lowest BCUT2D eigenvalue weighted by atomic mass is 10.1. The Morgan fingerprint density at radius 1 is 0.963 bits per heavy atom. The number of esters is 1. The number of benzene rings is 2. The van der Waals surface area contributed by atoms with E-state index in [9.17, 15) is 10.1 Å². The number of carbonyl (C=O) groups excluding carboxylic acids is 1. The van der Waals surface area contributed by atoms with Gasteiger partial charge in [0.25, 0.3) is 0 Å². The average Bonchev–Trinajstić information content (AvgIpc) is 2.71. The van der Waals surface area contributed by atoms with Gasteiger partial charge in [0, 0.05) is 0 Å². The van der Waals surface area contributed by atoms with Gasteiger partial charge in [-0.3, -0.25) is 0 Å². The van der Waals surface area contributed by atoms with Crippen LogP contribution in [0.3, 0.4) is 0 Å². The summed E-state index contributed by atoms with van der Waals surface area (Å²) in [6.45, 7) is 2.73. The number of carbonyl (C=O) groups is 1. The van der Waals surface area contributed by atoms with Crippen molar-refractivity contribution < 1.29 is 23.7 Å². The van der Waals surface area contributed by atoms with Gasteiger partial charge < -0.3 is 18.9 Å².